The summed E-state index contributed by atoms with van der Waals surface area (Å²) in [4.78, 5) is 12.1. The van der Waals surface area contributed by atoms with E-state index in [0.717, 1.165) is 5.56 Å². The Labute approximate surface area is 128 Å². The van der Waals surface area contributed by atoms with Crippen LogP contribution in [0, 0.1) is 5.82 Å². The molecule has 0 aliphatic heterocycles. The molecule has 1 amide bonds. The van der Waals surface area contributed by atoms with Crippen LogP contribution in [0.4, 0.5) is 10.1 Å². The van der Waals surface area contributed by atoms with Gasteiger partial charge in [0, 0.05) is 5.56 Å². The summed E-state index contributed by atoms with van der Waals surface area (Å²) in [5.74, 6) is -0.712. The van der Waals surface area contributed by atoms with E-state index in [4.69, 9.17) is 11.6 Å². The van der Waals surface area contributed by atoms with E-state index in [0.29, 0.717) is 11.3 Å². The second-order valence-electron chi connectivity index (χ2n) is 5.91. The number of carbonyl (C=O) groups is 1. The molecule has 0 saturated heterocycles. The number of hydrogen-bond acceptors (Lipinski definition) is 1. The molecule has 0 spiro atoms. The maximum Gasteiger partial charge on any atom is 0.255 e. The minimum absolute atomic E-state index is 0.0370. The van der Waals surface area contributed by atoms with Crippen molar-refractivity contribution in [2.75, 3.05) is 5.32 Å². The van der Waals surface area contributed by atoms with Gasteiger partial charge in [0.05, 0.1) is 10.7 Å². The van der Waals surface area contributed by atoms with Crippen LogP contribution in [0.3, 0.4) is 0 Å². The second-order valence-corrected chi connectivity index (χ2v) is 6.31. The first kappa shape index (κ1) is 15.5. The van der Waals surface area contributed by atoms with E-state index >= 15 is 0 Å². The quantitative estimate of drug-likeness (QED) is 0.828. The number of halogens is 2. The van der Waals surface area contributed by atoms with Crippen molar-refractivity contribution in [2.45, 2.75) is 26.2 Å². The molecule has 1 N–H and O–H groups in total. The molecule has 0 saturated carbocycles. The minimum atomic E-state index is -0.437. The predicted molar refractivity (Wildman–Crippen MR) is 84.5 cm³/mol. The molecule has 0 radical (unpaired) electrons. The van der Waals surface area contributed by atoms with Crippen molar-refractivity contribution < 1.29 is 9.18 Å². The summed E-state index contributed by atoms with van der Waals surface area (Å²) in [6, 6.07) is 11.3. The molecular formula is C17H17ClFNO. The van der Waals surface area contributed by atoms with Crippen LogP contribution >= 0.6 is 11.6 Å². The fourth-order valence-corrected chi connectivity index (χ4v) is 2.12. The molecule has 2 aromatic carbocycles. The lowest BCUT2D eigenvalue weighted by Gasteiger charge is -2.19. The Hall–Kier alpha value is -1.87. The zero-order chi connectivity index (χ0) is 15.6. The van der Waals surface area contributed by atoms with Gasteiger partial charge in [0.1, 0.15) is 5.82 Å². The first-order chi connectivity index (χ1) is 9.77. The van der Waals surface area contributed by atoms with Crippen LogP contribution in [0.5, 0.6) is 0 Å². The fourth-order valence-electron chi connectivity index (χ4n) is 1.91. The monoisotopic (exact) mass is 305 g/mol. The summed E-state index contributed by atoms with van der Waals surface area (Å²) < 4.78 is 13.0. The highest BCUT2D eigenvalue weighted by Crippen LogP contribution is 2.24. The Bertz CT molecular complexity index is 659. The fraction of sp³-hybridized carbons (Fsp3) is 0.235. The van der Waals surface area contributed by atoms with Crippen molar-refractivity contribution in [3.63, 3.8) is 0 Å². The van der Waals surface area contributed by atoms with Crippen molar-refractivity contribution in [3.8, 4) is 0 Å². The van der Waals surface area contributed by atoms with E-state index in [1.54, 1.807) is 12.1 Å². The van der Waals surface area contributed by atoms with Crippen molar-refractivity contribution >= 4 is 23.2 Å². The van der Waals surface area contributed by atoms with E-state index < -0.39 is 5.82 Å². The lowest BCUT2D eigenvalue weighted by Crippen LogP contribution is -2.14. The molecule has 0 aliphatic rings. The van der Waals surface area contributed by atoms with E-state index in [1.807, 2.05) is 12.1 Å². The Morgan fingerprint density at radius 1 is 1.10 bits per heavy atom. The van der Waals surface area contributed by atoms with Crippen LogP contribution in [0.25, 0.3) is 0 Å². The molecule has 2 nitrogen and oxygen atoms in total. The van der Waals surface area contributed by atoms with Gasteiger partial charge in [0.25, 0.3) is 5.91 Å². The van der Waals surface area contributed by atoms with Gasteiger partial charge in [-0.05, 0) is 41.3 Å². The molecule has 21 heavy (non-hydrogen) atoms. The van der Waals surface area contributed by atoms with Gasteiger partial charge in [-0.15, -0.1) is 0 Å². The smallest absolute Gasteiger partial charge is 0.255 e. The topological polar surface area (TPSA) is 29.1 Å². The normalized spacial score (nSPS) is 11.3. The highest BCUT2D eigenvalue weighted by Gasteiger charge is 2.14. The van der Waals surface area contributed by atoms with Crippen LogP contribution in [-0.4, -0.2) is 5.91 Å². The van der Waals surface area contributed by atoms with Crippen LogP contribution in [0.2, 0.25) is 5.02 Å². The maximum absolute atomic E-state index is 13.0. The van der Waals surface area contributed by atoms with Crippen LogP contribution in [0.1, 0.15) is 36.7 Å². The zero-order valence-electron chi connectivity index (χ0n) is 12.2. The molecule has 0 unspecified atom stereocenters. The van der Waals surface area contributed by atoms with Gasteiger partial charge in [-0.2, -0.15) is 0 Å². The summed E-state index contributed by atoms with van der Waals surface area (Å²) >= 11 is 5.89. The number of amides is 1. The Morgan fingerprint density at radius 2 is 1.71 bits per heavy atom. The highest BCUT2D eigenvalue weighted by molar-refractivity contribution is 6.33. The van der Waals surface area contributed by atoms with Gasteiger partial charge in [0.2, 0.25) is 0 Å². The number of anilines is 1. The molecule has 0 bridgehead atoms. The van der Waals surface area contributed by atoms with E-state index in [2.05, 4.69) is 26.1 Å². The molecule has 2 aromatic rings. The zero-order valence-corrected chi connectivity index (χ0v) is 13.0. The van der Waals surface area contributed by atoms with E-state index in [9.17, 15) is 9.18 Å². The summed E-state index contributed by atoms with van der Waals surface area (Å²) in [5.41, 5.74) is 2.11. The number of carbonyl (C=O) groups excluding carboxylic acids is 1. The van der Waals surface area contributed by atoms with Crippen LogP contribution in [-0.2, 0) is 5.41 Å². The highest BCUT2D eigenvalue weighted by atomic mass is 35.5. The summed E-state index contributed by atoms with van der Waals surface area (Å²) in [5, 5.41) is 2.85. The molecule has 2 rings (SSSR count). The second kappa shape index (κ2) is 5.86. The van der Waals surface area contributed by atoms with Crippen LogP contribution < -0.4 is 5.32 Å². The lowest BCUT2D eigenvalue weighted by molar-refractivity contribution is 0.102. The van der Waals surface area contributed by atoms with Gasteiger partial charge < -0.3 is 5.32 Å². The summed E-state index contributed by atoms with van der Waals surface area (Å²) in [6.07, 6.45) is 0. The first-order valence-electron chi connectivity index (χ1n) is 6.64. The summed E-state index contributed by atoms with van der Waals surface area (Å²) in [6.45, 7) is 6.33. The van der Waals surface area contributed by atoms with Gasteiger partial charge in [-0.1, -0.05) is 44.5 Å². The van der Waals surface area contributed by atoms with E-state index in [-0.39, 0.29) is 16.3 Å². The lowest BCUT2D eigenvalue weighted by atomic mass is 9.87. The average Bonchev–Trinajstić information content (AvgIpc) is 2.41. The van der Waals surface area contributed by atoms with Gasteiger partial charge in [-0.25, -0.2) is 4.39 Å². The molecule has 0 heterocycles. The molecular weight excluding hydrogens is 289 g/mol. The Morgan fingerprint density at radius 3 is 2.24 bits per heavy atom. The van der Waals surface area contributed by atoms with Crippen molar-refractivity contribution in [2.24, 2.45) is 0 Å². The number of nitrogens with one attached hydrogen (secondary N) is 1. The largest absolute Gasteiger partial charge is 0.321 e. The number of hydrogen-bond donors (Lipinski definition) is 1. The van der Waals surface area contributed by atoms with Crippen molar-refractivity contribution in [3.05, 3.63) is 64.4 Å². The average molecular weight is 306 g/mol. The standard InChI is InChI=1S/C17H17ClFNO/c1-17(2,3)12-6-4-11(5-7-12)16(21)20-15-9-8-13(19)10-14(15)18/h4-10H,1-3H3,(H,20,21). The Kier molecular flexibility index (Phi) is 4.33. The Balaban J connectivity index is 2.17. The number of benzene rings is 2. The molecule has 110 valence electrons. The third-order valence-corrected chi connectivity index (χ3v) is 3.51. The first-order valence-corrected chi connectivity index (χ1v) is 7.02. The third-order valence-electron chi connectivity index (χ3n) is 3.19. The molecule has 0 aliphatic carbocycles. The molecule has 0 fully saturated rings. The SMILES string of the molecule is CC(C)(C)c1ccc(C(=O)Nc2ccc(F)cc2Cl)cc1. The van der Waals surface area contributed by atoms with Gasteiger partial charge in [0.15, 0.2) is 0 Å². The van der Waals surface area contributed by atoms with Gasteiger partial charge in [-0.3, -0.25) is 4.79 Å². The third kappa shape index (κ3) is 3.82. The maximum atomic E-state index is 13.0. The van der Waals surface area contributed by atoms with Crippen molar-refractivity contribution in [1.29, 1.82) is 0 Å². The molecule has 0 aromatic heterocycles. The molecule has 4 heteroatoms. The molecule has 0 atom stereocenters. The predicted octanol–water partition coefficient (Wildman–Crippen LogP) is 5.03. The van der Waals surface area contributed by atoms with Crippen LogP contribution in [0.15, 0.2) is 42.5 Å². The minimum Gasteiger partial charge on any atom is -0.321 e. The van der Waals surface area contributed by atoms with Crippen molar-refractivity contribution in [1.82, 2.24) is 0 Å². The number of rotatable bonds is 2. The van der Waals surface area contributed by atoms with Gasteiger partial charge >= 0.3 is 0 Å². The van der Waals surface area contributed by atoms with E-state index in [1.165, 1.54) is 18.2 Å². The summed E-state index contributed by atoms with van der Waals surface area (Å²) in [7, 11) is 0.